The average Bonchev–Trinajstić information content (AvgIpc) is 2.79. The molecule has 0 saturated carbocycles. The molecule has 5 nitrogen and oxygen atoms in total. The van der Waals surface area contributed by atoms with Crippen LogP contribution in [0.2, 0.25) is 0 Å². The Hall–Kier alpha value is -3.80. The molecular weight excluding hydrogens is 381 g/mol. The van der Waals surface area contributed by atoms with Crippen molar-refractivity contribution in [3.8, 4) is 11.6 Å². The largest absolute Gasteiger partial charge is 0.438 e. The Kier molecular flexibility index (Phi) is 4.59. The van der Waals surface area contributed by atoms with Crippen molar-refractivity contribution in [2.75, 3.05) is 6.54 Å². The van der Waals surface area contributed by atoms with Crippen LogP contribution in [0.4, 0.5) is 4.39 Å². The minimum Gasteiger partial charge on any atom is -0.438 e. The molecule has 0 fully saturated rings. The van der Waals surface area contributed by atoms with Crippen LogP contribution < -0.4 is 4.74 Å². The van der Waals surface area contributed by atoms with Gasteiger partial charge in [0.15, 0.2) is 0 Å². The molecule has 30 heavy (non-hydrogen) atoms. The van der Waals surface area contributed by atoms with Gasteiger partial charge < -0.3 is 9.64 Å². The summed E-state index contributed by atoms with van der Waals surface area (Å²) < 4.78 is 19.9. The van der Waals surface area contributed by atoms with Crippen LogP contribution >= 0.6 is 0 Å². The summed E-state index contributed by atoms with van der Waals surface area (Å²) in [5.74, 6) is 0.223. The van der Waals surface area contributed by atoms with E-state index in [9.17, 15) is 9.18 Å². The fourth-order valence-electron chi connectivity index (χ4n) is 3.76. The molecule has 4 aromatic rings. The summed E-state index contributed by atoms with van der Waals surface area (Å²) in [6, 6.07) is 19.8. The van der Waals surface area contributed by atoms with Gasteiger partial charge in [-0.05, 0) is 47.9 Å². The van der Waals surface area contributed by atoms with Crippen LogP contribution in [0.1, 0.15) is 21.5 Å². The second kappa shape index (κ2) is 7.55. The second-order valence-corrected chi connectivity index (χ2v) is 7.19. The van der Waals surface area contributed by atoms with Crippen molar-refractivity contribution in [1.29, 1.82) is 0 Å². The standard InChI is InChI=1S/C24H18FN3O2/c25-21-10-4-9-20-22(21)26-15-27-23(20)30-19-8-3-7-17(13-19)24(29)28-12-11-16-5-1-2-6-18(16)14-28/h1-10,13,15H,11-12,14H2. The van der Waals surface area contributed by atoms with Gasteiger partial charge in [-0.2, -0.15) is 0 Å². The van der Waals surface area contributed by atoms with Crippen molar-refractivity contribution in [3.63, 3.8) is 0 Å². The zero-order chi connectivity index (χ0) is 20.5. The summed E-state index contributed by atoms with van der Waals surface area (Å²) in [5.41, 5.74) is 3.21. The minimum atomic E-state index is -0.436. The van der Waals surface area contributed by atoms with E-state index in [4.69, 9.17) is 4.74 Å². The number of hydrogen-bond acceptors (Lipinski definition) is 4. The maximum absolute atomic E-state index is 14.0. The van der Waals surface area contributed by atoms with E-state index in [0.29, 0.717) is 29.8 Å². The van der Waals surface area contributed by atoms with Gasteiger partial charge in [0.2, 0.25) is 5.88 Å². The predicted octanol–water partition coefficient (Wildman–Crippen LogP) is 4.76. The summed E-state index contributed by atoms with van der Waals surface area (Å²) in [4.78, 5) is 23.0. The lowest BCUT2D eigenvalue weighted by atomic mass is 9.99. The van der Waals surface area contributed by atoms with Crippen LogP contribution in [0.15, 0.2) is 73.1 Å². The fourth-order valence-corrected chi connectivity index (χ4v) is 3.76. The topological polar surface area (TPSA) is 55.3 Å². The van der Waals surface area contributed by atoms with E-state index in [1.54, 1.807) is 36.4 Å². The first kappa shape index (κ1) is 18.2. The number of hydrogen-bond donors (Lipinski definition) is 0. The number of para-hydroxylation sites is 1. The molecule has 0 atom stereocenters. The highest BCUT2D eigenvalue weighted by Crippen LogP contribution is 2.29. The molecule has 5 rings (SSSR count). The van der Waals surface area contributed by atoms with Crippen molar-refractivity contribution >= 4 is 16.8 Å². The molecule has 6 heteroatoms. The Labute approximate surface area is 172 Å². The van der Waals surface area contributed by atoms with Gasteiger partial charge in [0.05, 0.1) is 5.39 Å². The average molecular weight is 399 g/mol. The van der Waals surface area contributed by atoms with E-state index in [2.05, 4.69) is 22.1 Å². The molecule has 1 aliphatic rings. The van der Waals surface area contributed by atoms with Crippen molar-refractivity contribution < 1.29 is 13.9 Å². The maximum atomic E-state index is 14.0. The van der Waals surface area contributed by atoms with E-state index < -0.39 is 5.82 Å². The summed E-state index contributed by atoms with van der Waals surface area (Å²) in [6.07, 6.45) is 2.11. The van der Waals surface area contributed by atoms with E-state index >= 15 is 0 Å². The summed E-state index contributed by atoms with van der Waals surface area (Å²) >= 11 is 0. The van der Waals surface area contributed by atoms with Crippen molar-refractivity contribution in [2.24, 2.45) is 0 Å². The van der Waals surface area contributed by atoms with Gasteiger partial charge >= 0.3 is 0 Å². The van der Waals surface area contributed by atoms with Crippen LogP contribution in [0.3, 0.4) is 0 Å². The van der Waals surface area contributed by atoms with Crippen LogP contribution in [-0.4, -0.2) is 27.3 Å². The van der Waals surface area contributed by atoms with Crippen LogP contribution in [0.5, 0.6) is 11.6 Å². The van der Waals surface area contributed by atoms with E-state index in [-0.39, 0.29) is 17.3 Å². The zero-order valence-electron chi connectivity index (χ0n) is 16.1. The SMILES string of the molecule is O=C(c1cccc(Oc2ncnc3c(F)cccc23)c1)N1CCc2ccccc2C1. The Morgan fingerprint density at radius 3 is 2.70 bits per heavy atom. The van der Waals surface area contributed by atoms with E-state index in [0.717, 1.165) is 6.42 Å². The third kappa shape index (κ3) is 3.37. The number of rotatable bonds is 3. The van der Waals surface area contributed by atoms with Gasteiger partial charge in [-0.25, -0.2) is 14.4 Å². The molecule has 0 spiro atoms. The molecule has 0 radical (unpaired) electrons. The third-order valence-electron chi connectivity index (χ3n) is 5.29. The lowest BCUT2D eigenvalue weighted by Crippen LogP contribution is -2.35. The van der Waals surface area contributed by atoms with Crippen LogP contribution in [0, 0.1) is 5.82 Å². The molecule has 0 unspecified atom stereocenters. The monoisotopic (exact) mass is 399 g/mol. The molecular formula is C24H18FN3O2. The molecule has 1 aromatic heterocycles. The van der Waals surface area contributed by atoms with Crippen molar-refractivity contribution in [2.45, 2.75) is 13.0 Å². The minimum absolute atomic E-state index is 0.0476. The number of aromatic nitrogens is 2. The quantitative estimate of drug-likeness (QED) is 0.498. The van der Waals surface area contributed by atoms with Crippen LogP contribution in [-0.2, 0) is 13.0 Å². The second-order valence-electron chi connectivity index (χ2n) is 7.19. The number of carbonyl (C=O) groups is 1. The first-order valence-electron chi connectivity index (χ1n) is 9.72. The number of halogens is 1. The van der Waals surface area contributed by atoms with E-state index in [1.807, 2.05) is 17.0 Å². The van der Waals surface area contributed by atoms with Gasteiger partial charge in [0.25, 0.3) is 5.91 Å². The number of ether oxygens (including phenoxy) is 1. The van der Waals surface area contributed by atoms with Gasteiger partial charge in [-0.15, -0.1) is 0 Å². The number of benzene rings is 3. The molecule has 0 N–H and O–H groups in total. The number of fused-ring (bicyclic) bond motifs is 2. The van der Waals surface area contributed by atoms with Crippen molar-refractivity contribution in [3.05, 3.63) is 95.6 Å². The van der Waals surface area contributed by atoms with Crippen molar-refractivity contribution in [1.82, 2.24) is 14.9 Å². The molecule has 148 valence electrons. The molecule has 1 aliphatic heterocycles. The van der Waals surface area contributed by atoms with Gasteiger partial charge in [-0.3, -0.25) is 4.79 Å². The smallest absolute Gasteiger partial charge is 0.254 e. The highest BCUT2D eigenvalue weighted by Gasteiger charge is 2.22. The number of amides is 1. The molecule has 0 aliphatic carbocycles. The molecule has 1 amide bonds. The Bertz CT molecular complexity index is 1260. The van der Waals surface area contributed by atoms with Gasteiger partial charge in [0, 0.05) is 18.7 Å². The van der Waals surface area contributed by atoms with Gasteiger partial charge in [0.1, 0.15) is 23.4 Å². The molecule has 3 aromatic carbocycles. The lowest BCUT2D eigenvalue weighted by molar-refractivity contribution is 0.0734. The first-order valence-corrected chi connectivity index (χ1v) is 9.72. The highest BCUT2D eigenvalue weighted by molar-refractivity contribution is 5.94. The van der Waals surface area contributed by atoms with E-state index in [1.165, 1.54) is 23.5 Å². The normalized spacial score (nSPS) is 13.2. The zero-order valence-corrected chi connectivity index (χ0v) is 16.1. The summed E-state index contributed by atoms with van der Waals surface area (Å²) in [7, 11) is 0. The first-order chi connectivity index (χ1) is 14.7. The summed E-state index contributed by atoms with van der Waals surface area (Å²) in [5, 5.41) is 0.474. The third-order valence-corrected chi connectivity index (χ3v) is 5.29. The highest BCUT2D eigenvalue weighted by atomic mass is 19.1. The maximum Gasteiger partial charge on any atom is 0.254 e. The molecule has 2 heterocycles. The predicted molar refractivity (Wildman–Crippen MR) is 111 cm³/mol. The molecule has 0 saturated heterocycles. The Balaban J connectivity index is 1.40. The number of nitrogens with zero attached hydrogens (tertiary/aromatic N) is 3. The summed E-state index contributed by atoms with van der Waals surface area (Å²) in [6.45, 7) is 1.27. The molecule has 0 bridgehead atoms. The van der Waals surface area contributed by atoms with Crippen LogP contribution in [0.25, 0.3) is 10.9 Å². The fraction of sp³-hybridized carbons (Fsp3) is 0.125. The van der Waals surface area contributed by atoms with Gasteiger partial charge in [-0.1, -0.05) is 36.4 Å². The Morgan fingerprint density at radius 2 is 1.80 bits per heavy atom. The number of carbonyl (C=O) groups excluding carboxylic acids is 1. The lowest BCUT2D eigenvalue weighted by Gasteiger charge is -2.29. The Morgan fingerprint density at radius 1 is 0.967 bits per heavy atom.